The second-order valence-electron chi connectivity index (χ2n) is 4.51. The number of carbonyl (C=O) groups excluding carboxylic acids is 2. The van der Waals surface area contributed by atoms with E-state index >= 15 is 0 Å². The number of hydrogen-bond donors (Lipinski definition) is 0. The molecule has 0 saturated carbocycles. The molecule has 2 rings (SSSR count). The number of hydrogen-bond acceptors (Lipinski definition) is 3. The Morgan fingerprint density at radius 2 is 1.88 bits per heavy atom. The molecule has 2 heterocycles. The Labute approximate surface area is 105 Å². The summed E-state index contributed by atoms with van der Waals surface area (Å²) in [5.74, 6) is -0.0145. The Bertz CT molecular complexity index is 434. The smallest absolute Gasteiger partial charge is 0.229 e. The third kappa shape index (κ3) is 2.75. The first kappa shape index (κ1) is 12.3. The van der Waals surface area contributed by atoms with Crippen LogP contribution in [0.2, 0.25) is 0 Å². The average molecular weight is 251 g/mol. The van der Waals surface area contributed by atoms with E-state index in [1.54, 1.807) is 11.3 Å². The van der Waals surface area contributed by atoms with Crippen molar-refractivity contribution < 1.29 is 9.59 Å². The van der Waals surface area contributed by atoms with Crippen molar-refractivity contribution >= 4 is 23.2 Å². The van der Waals surface area contributed by atoms with Crippen molar-refractivity contribution in [1.82, 2.24) is 4.90 Å². The molecule has 92 valence electrons. The summed E-state index contributed by atoms with van der Waals surface area (Å²) < 4.78 is 0. The molecule has 1 aromatic heterocycles. The molecular formula is C13H17NO2S. The van der Waals surface area contributed by atoms with Crippen LogP contribution in [0.5, 0.6) is 0 Å². The number of imide groups is 1. The third-order valence-corrected chi connectivity index (χ3v) is 4.30. The molecule has 3 nitrogen and oxygen atoms in total. The standard InChI is InChI=1S/C13H17NO2S/c1-9-8-10(2)17-11(9)6-7-14-12(15)4-3-5-13(14)16/h8H,3-7H2,1-2H3. The molecule has 0 atom stereocenters. The number of rotatable bonds is 3. The first-order valence-corrected chi connectivity index (χ1v) is 6.78. The van der Waals surface area contributed by atoms with Gasteiger partial charge in [0.1, 0.15) is 0 Å². The van der Waals surface area contributed by atoms with Crippen LogP contribution in [0.15, 0.2) is 6.07 Å². The summed E-state index contributed by atoms with van der Waals surface area (Å²) in [4.78, 5) is 27.2. The van der Waals surface area contributed by atoms with Gasteiger partial charge in [0.25, 0.3) is 0 Å². The van der Waals surface area contributed by atoms with E-state index in [1.165, 1.54) is 20.2 Å². The van der Waals surface area contributed by atoms with Crippen molar-refractivity contribution in [2.45, 2.75) is 39.5 Å². The van der Waals surface area contributed by atoms with Gasteiger partial charge in [0.2, 0.25) is 11.8 Å². The Kier molecular flexibility index (Phi) is 3.62. The van der Waals surface area contributed by atoms with E-state index in [0.717, 1.165) is 6.42 Å². The summed E-state index contributed by atoms with van der Waals surface area (Å²) in [6, 6.07) is 2.15. The minimum Gasteiger partial charge on any atom is -0.282 e. The molecule has 0 spiro atoms. The molecule has 0 bridgehead atoms. The highest BCUT2D eigenvalue weighted by atomic mass is 32.1. The van der Waals surface area contributed by atoms with E-state index in [9.17, 15) is 9.59 Å². The number of nitrogens with zero attached hydrogens (tertiary/aromatic N) is 1. The maximum absolute atomic E-state index is 11.6. The zero-order valence-electron chi connectivity index (χ0n) is 10.3. The van der Waals surface area contributed by atoms with Gasteiger partial charge in [-0.05, 0) is 31.9 Å². The van der Waals surface area contributed by atoms with E-state index in [-0.39, 0.29) is 11.8 Å². The molecule has 0 aromatic carbocycles. The number of aryl methyl sites for hydroxylation is 2. The average Bonchev–Trinajstić information content (AvgIpc) is 2.57. The first-order chi connectivity index (χ1) is 8.08. The Balaban J connectivity index is 1.99. The van der Waals surface area contributed by atoms with Crippen molar-refractivity contribution in [1.29, 1.82) is 0 Å². The lowest BCUT2D eigenvalue weighted by Crippen LogP contribution is -2.41. The molecule has 0 radical (unpaired) electrons. The molecule has 0 aliphatic carbocycles. The summed E-state index contributed by atoms with van der Waals surface area (Å²) in [6.07, 6.45) is 2.55. The van der Waals surface area contributed by atoms with Gasteiger partial charge in [-0.1, -0.05) is 0 Å². The minimum atomic E-state index is -0.00724. The van der Waals surface area contributed by atoms with Crippen LogP contribution in [0, 0.1) is 13.8 Å². The quantitative estimate of drug-likeness (QED) is 0.774. The van der Waals surface area contributed by atoms with Crippen LogP contribution in [0.1, 0.15) is 34.6 Å². The Morgan fingerprint density at radius 3 is 2.41 bits per heavy atom. The summed E-state index contributed by atoms with van der Waals surface area (Å²) >= 11 is 1.76. The van der Waals surface area contributed by atoms with Gasteiger partial charge in [-0.15, -0.1) is 11.3 Å². The lowest BCUT2D eigenvalue weighted by molar-refractivity contribution is -0.147. The highest BCUT2D eigenvalue weighted by Crippen LogP contribution is 2.22. The van der Waals surface area contributed by atoms with Crippen molar-refractivity contribution in [3.8, 4) is 0 Å². The largest absolute Gasteiger partial charge is 0.282 e. The fraction of sp³-hybridized carbons (Fsp3) is 0.538. The molecule has 1 fully saturated rings. The number of thiophene rings is 1. The van der Waals surface area contributed by atoms with Crippen LogP contribution >= 0.6 is 11.3 Å². The zero-order chi connectivity index (χ0) is 12.4. The van der Waals surface area contributed by atoms with Crippen LogP contribution in [0.4, 0.5) is 0 Å². The molecule has 1 saturated heterocycles. The number of amides is 2. The molecule has 1 aromatic rings. The van der Waals surface area contributed by atoms with E-state index < -0.39 is 0 Å². The van der Waals surface area contributed by atoms with Gasteiger partial charge in [0.15, 0.2) is 0 Å². The fourth-order valence-electron chi connectivity index (χ4n) is 2.20. The molecule has 17 heavy (non-hydrogen) atoms. The molecular weight excluding hydrogens is 234 g/mol. The van der Waals surface area contributed by atoms with Gasteiger partial charge in [-0.2, -0.15) is 0 Å². The predicted octanol–water partition coefficient (Wildman–Crippen LogP) is 2.45. The van der Waals surface area contributed by atoms with Crippen molar-refractivity contribution in [2.75, 3.05) is 6.54 Å². The normalized spacial score (nSPS) is 16.7. The summed E-state index contributed by atoms with van der Waals surface area (Å²) in [6.45, 7) is 4.70. The molecule has 1 aliphatic heterocycles. The second kappa shape index (κ2) is 5.00. The van der Waals surface area contributed by atoms with Gasteiger partial charge < -0.3 is 0 Å². The maximum Gasteiger partial charge on any atom is 0.229 e. The summed E-state index contributed by atoms with van der Waals surface area (Å²) in [5.41, 5.74) is 1.27. The first-order valence-electron chi connectivity index (χ1n) is 5.97. The second-order valence-corrected chi connectivity index (χ2v) is 5.85. The van der Waals surface area contributed by atoms with Crippen LogP contribution in [0.3, 0.4) is 0 Å². The lowest BCUT2D eigenvalue weighted by Gasteiger charge is -2.24. The van der Waals surface area contributed by atoms with Crippen molar-refractivity contribution in [3.63, 3.8) is 0 Å². The highest BCUT2D eigenvalue weighted by Gasteiger charge is 2.25. The van der Waals surface area contributed by atoms with E-state index in [4.69, 9.17) is 0 Å². The molecule has 0 N–H and O–H groups in total. The van der Waals surface area contributed by atoms with Crippen LogP contribution in [-0.4, -0.2) is 23.3 Å². The van der Waals surface area contributed by atoms with Crippen molar-refractivity contribution in [2.24, 2.45) is 0 Å². The fourth-order valence-corrected chi connectivity index (χ4v) is 3.24. The number of piperidine rings is 1. The highest BCUT2D eigenvalue weighted by molar-refractivity contribution is 7.12. The van der Waals surface area contributed by atoms with E-state index in [1.807, 2.05) is 0 Å². The monoisotopic (exact) mass is 251 g/mol. The van der Waals surface area contributed by atoms with Crippen molar-refractivity contribution in [3.05, 3.63) is 21.4 Å². The van der Waals surface area contributed by atoms with Crippen LogP contribution in [-0.2, 0) is 16.0 Å². The Morgan fingerprint density at radius 1 is 1.24 bits per heavy atom. The minimum absolute atomic E-state index is 0.00724. The molecule has 2 amide bonds. The van der Waals surface area contributed by atoms with Gasteiger partial charge >= 0.3 is 0 Å². The van der Waals surface area contributed by atoms with E-state index in [0.29, 0.717) is 25.8 Å². The molecule has 1 aliphatic rings. The summed E-state index contributed by atoms with van der Waals surface area (Å²) in [5, 5.41) is 0. The van der Waals surface area contributed by atoms with E-state index in [2.05, 4.69) is 19.9 Å². The summed E-state index contributed by atoms with van der Waals surface area (Å²) in [7, 11) is 0. The molecule has 4 heteroatoms. The SMILES string of the molecule is Cc1cc(C)c(CCN2C(=O)CCCC2=O)s1. The van der Waals surface area contributed by atoms with Crippen LogP contribution in [0.25, 0.3) is 0 Å². The topological polar surface area (TPSA) is 37.4 Å². The Hall–Kier alpha value is -1.16. The van der Waals surface area contributed by atoms with Gasteiger partial charge in [0.05, 0.1) is 0 Å². The zero-order valence-corrected chi connectivity index (χ0v) is 11.1. The maximum atomic E-state index is 11.6. The number of likely N-dealkylation sites (tertiary alicyclic amines) is 1. The predicted molar refractivity (Wildman–Crippen MR) is 68.1 cm³/mol. The van der Waals surface area contributed by atoms with Crippen LogP contribution < -0.4 is 0 Å². The van der Waals surface area contributed by atoms with Gasteiger partial charge in [0, 0.05) is 35.6 Å². The van der Waals surface area contributed by atoms with Gasteiger partial charge in [-0.3, -0.25) is 14.5 Å². The number of carbonyl (C=O) groups is 2. The third-order valence-electron chi connectivity index (χ3n) is 3.09. The molecule has 0 unspecified atom stereocenters. The lowest BCUT2D eigenvalue weighted by atomic mass is 10.1. The van der Waals surface area contributed by atoms with Gasteiger partial charge in [-0.25, -0.2) is 0 Å².